The minimum atomic E-state index is 0.235. The predicted octanol–water partition coefficient (Wildman–Crippen LogP) is 1.48. The Morgan fingerprint density at radius 3 is 2.58 bits per heavy atom. The average molecular weight is 263 g/mol. The maximum absolute atomic E-state index is 12.2. The number of rotatable bonds is 5. The first-order valence-corrected chi connectivity index (χ1v) is 7.08. The molecule has 0 spiro atoms. The third-order valence-electron chi connectivity index (χ3n) is 3.93. The maximum Gasteiger partial charge on any atom is 0.193 e. The molecule has 4 nitrogen and oxygen atoms in total. The minimum Gasteiger partial charge on any atom is -0.348 e. The third-order valence-corrected chi connectivity index (χ3v) is 3.93. The smallest absolute Gasteiger partial charge is 0.193 e. The molecule has 1 saturated heterocycles. The highest BCUT2D eigenvalue weighted by Crippen LogP contribution is 2.18. The van der Waals surface area contributed by atoms with E-state index in [2.05, 4.69) is 23.9 Å². The van der Waals surface area contributed by atoms with Gasteiger partial charge in [0.2, 0.25) is 0 Å². The summed E-state index contributed by atoms with van der Waals surface area (Å²) in [6, 6.07) is 3.83. The molecule has 106 valence electrons. The van der Waals surface area contributed by atoms with Crippen LogP contribution in [0, 0.1) is 5.92 Å². The van der Waals surface area contributed by atoms with Crippen molar-refractivity contribution in [2.45, 2.75) is 12.8 Å². The zero-order valence-electron chi connectivity index (χ0n) is 12.3. The average Bonchev–Trinajstić information content (AvgIpc) is 2.77. The van der Waals surface area contributed by atoms with Crippen LogP contribution in [0.1, 0.15) is 23.3 Å². The number of ketones is 1. The first kappa shape index (κ1) is 14.3. The first-order valence-electron chi connectivity index (χ1n) is 7.08. The molecule has 0 saturated carbocycles. The molecule has 0 bridgehead atoms. The maximum atomic E-state index is 12.2. The van der Waals surface area contributed by atoms with E-state index in [1.807, 2.05) is 29.9 Å². The van der Waals surface area contributed by atoms with Gasteiger partial charge >= 0.3 is 0 Å². The fraction of sp³-hybridized carbons (Fsp3) is 0.667. The molecule has 0 aromatic carbocycles. The lowest BCUT2D eigenvalue weighted by atomic mass is 9.96. The summed E-state index contributed by atoms with van der Waals surface area (Å²) < 4.78 is 1.90. The fourth-order valence-electron chi connectivity index (χ4n) is 2.88. The minimum absolute atomic E-state index is 0.235. The van der Waals surface area contributed by atoms with Crippen molar-refractivity contribution in [1.82, 2.24) is 14.4 Å². The lowest BCUT2D eigenvalue weighted by Crippen LogP contribution is -2.39. The monoisotopic (exact) mass is 263 g/mol. The summed E-state index contributed by atoms with van der Waals surface area (Å²) in [6.45, 7) is 3.83. The van der Waals surface area contributed by atoms with E-state index in [1.165, 1.54) is 19.4 Å². The number of likely N-dealkylation sites (tertiary alicyclic amines) is 1. The second-order valence-electron chi connectivity index (χ2n) is 5.91. The number of hydrogen-bond donors (Lipinski definition) is 0. The van der Waals surface area contributed by atoms with E-state index in [0.717, 1.165) is 24.7 Å². The van der Waals surface area contributed by atoms with Gasteiger partial charge in [-0.2, -0.15) is 0 Å². The summed E-state index contributed by atoms with van der Waals surface area (Å²) in [5, 5.41) is 0. The lowest BCUT2D eigenvalue weighted by Gasteiger charge is -2.32. The van der Waals surface area contributed by atoms with Gasteiger partial charge in [-0.3, -0.25) is 9.69 Å². The molecule has 4 heteroatoms. The first-order chi connectivity index (χ1) is 9.06. The molecule has 2 rings (SSSR count). The van der Waals surface area contributed by atoms with Gasteiger partial charge in [0.15, 0.2) is 5.78 Å². The van der Waals surface area contributed by atoms with Gasteiger partial charge in [0.05, 0.1) is 12.2 Å². The van der Waals surface area contributed by atoms with Crippen LogP contribution in [0.3, 0.4) is 0 Å². The summed E-state index contributed by atoms with van der Waals surface area (Å²) in [5.74, 6) is 1.02. The standard InChI is InChI=1S/C15H25N3O/c1-16(2)11-13-6-9-18(10-7-13)12-15(19)14-5-4-8-17(14)3/h4-5,8,13H,6-7,9-12H2,1-3H3. The van der Waals surface area contributed by atoms with Gasteiger partial charge in [-0.1, -0.05) is 0 Å². The number of aryl methyl sites for hydroxylation is 1. The molecule has 1 aromatic rings. The number of carbonyl (C=O) groups is 1. The van der Waals surface area contributed by atoms with Gasteiger partial charge in [0, 0.05) is 19.8 Å². The van der Waals surface area contributed by atoms with Gasteiger partial charge in [0.25, 0.3) is 0 Å². The molecule has 0 unspecified atom stereocenters. The molecular weight excluding hydrogens is 238 g/mol. The Morgan fingerprint density at radius 2 is 2.05 bits per heavy atom. The van der Waals surface area contributed by atoms with Crippen molar-refractivity contribution in [3.8, 4) is 0 Å². The second kappa shape index (κ2) is 6.35. The second-order valence-corrected chi connectivity index (χ2v) is 5.91. The molecule has 0 aliphatic carbocycles. The van der Waals surface area contributed by atoms with Gasteiger partial charge in [0.1, 0.15) is 0 Å². The highest BCUT2D eigenvalue weighted by atomic mass is 16.1. The molecule has 0 atom stereocenters. The predicted molar refractivity (Wildman–Crippen MR) is 77.5 cm³/mol. The van der Waals surface area contributed by atoms with Crippen molar-refractivity contribution < 1.29 is 4.79 Å². The molecule has 19 heavy (non-hydrogen) atoms. The number of piperidine rings is 1. The lowest BCUT2D eigenvalue weighted by molar-refractivity contribution is 0.0878. The van der Waals surface area contributed by atoms with Crippen LogP contribution in [-0.4, -0.2) is 60.4 Å². The highest BCUT2D eigenvalue weighted by Gasteiger charge is 2.22. The molecule has 1 aliphatic heterocycles. The molecule has 1 aromatic heterocycles. The van der Waals surface area contributed by atoms with Crippen LogP contribution in [0.4, 0.5) is 0 Å². The Hall–Kier alpha value is -1.13. The van der Waals surface area contributed by atoms with Gasteiger partial charge in [-0.15, -0.1) is 0 Å². The van der Waals surface area contributed by atoms with E-state index in [-0.39, 0.29) is 5.78 Å². The number of hydrogen-bond acceptors (Lipinski definition) is 3. The SMILES string of the molecule is CN(C)CC1CCN(CC(=O)c2cccn2C)CC1. The normalized spacial score (nSPS) is 18.1. The zero-order valence-corrected chi connectivity index (χ0v) is 12.3. The number of nitrogens with zero attached hydrogens (tertiary/aromatic N) is 3. The van der Waals surface area contributed by atoms with Crippen LogP contribution in [0.25, 0.3) is 0 Å². The molecule has 0 radical (unpaired) electrons. The van der Waals surface area contributed by atoms with E-state index in [0.29, 0.717) is 6.54 Å². The molecular formula is C15H25N3O. The van der Waals surface area contributed by atoms with E-state index in [1.54, 1.807) is 0 Å². The van der Waals surface area contributed by atoms with Crippen LogP contribution in [0.15, 0.2) is 18.3 Å². The van der Waals surface area contributed by atoms with E-state index in [9.17, 15) is 4.79 Å². The fourth-order valence-corrected chi connectivity index (χ4v) is 2.88. The van der Waals surface area contributed by atoms with Crippen LogP contribution in [0.5, 0.6) is 0 Å². The summed E-state index contributed by atoms with van der Waals surface area (Å²) in [5.41, 5.74) is 0.815. The summed E-state index contributed by atoms with van der Waals surface area (Å²) in [7, 11) is 6.19. The Morgan fingerprint density at radius 1 is 1.37 bits per heavy atom. The number of aromatic nitrogens is 1. The Balaban J connectivity index is 1.80. The van der Waals surface area contributed by atoms with Crippen molar-refractivity contribution >= 4 is 5.78 Å². The van der Waals surface area contributed by atoms with E-state index < -0.39 is 0 Å². The van der Waals surface area contributed by atoms with Crippen LogP contribution >= 0.6 is 0 Å². The molecule has 1 aliphatic rings. The molecule has 0 amide bonds. The third kappa shape index (κ3) is 3.91. The Bertz CT molecular complexity index is 417. The quantitative estimate of drug-likeness (QED) is 0.753. The molecule has 1 fully saturated rings. The summed E-state index contributed by atoms with van der Waals surface area (Å²) in [4.78, 5) is 16.7. The van der Waals surface area contributed by atoms with Crippen LogP contribution in [-0.2, 0) is 7.05 Å². The zero-order chi connectivity index (χ0) is 13.8. The summed E-state index contributed by atoms with van der Waals surface area (Å²) in [6.07, 6.45) is 4.34. The van der Waals surface area contributed by atoms with Crippen molar-refractivity contribution in [2.24, 2.45) is 13.0 Å². The molecule has 2 heterocycles. The Kier molecular flexibility index (Phi) is 4.77. The van der Waals surface area contributed by atoms with Crippen molar-refractivity contribution in [3.05, 3.63) is 24.0 Å². The van der Waals surface area contributed by atoms with Crippen molar-refractivity contribution in [3.63, 3.8) is 0 Å². The molecule has 0 N–H and O–H groups in total. The topological polar surface area (TPSA) is 28.5 Å². The van der Waals surface area contributed by atoms with Gasteiger partial charge in [-0.25, -0.2) is 0 Å². The van der Waals surface area contributed by atoms with E-state index in [4.69, 9.17) is 0 Å². The highest BCUT2D eigenvalue weighted by molar-refractivity contribution is 5.96. The largest absolute Gasteiger partial charge is 0.348 e. The van der Waals surface area contributed by atoms with Crippen LogP contribution < -0.4 is 0 Å². The number of carbonyl (C=O) groups excluding carboxylic acids is 1. The number of Topliss-reactive ketones (excluding diaryl/α,β-unsaturated/α-hetero) is 1. The Labute approximate surface area is 116 Å². The van der Waals surface area contributed by atoms with Crippen LogP contribution in [0.2, 0.25) is 0 Å². The van der Waals surface area contributed by atoms with Crippen molar-refractivity contribution in [1.29, 1.82) is 0 Å². The van der Waals surface area contributed by atoms with Crippen molar-refractivity contribution in [2.75, 3.05) is 40.3 Å². The van der Waals surface area contributed by atoms with E-state index >= 15 is 0 Å². The van der Waals surface area contributed by atoms with Gasteiger partial charge in [-0.05, 0) is 58.1 Å². The summed E-state index contributed by atoms with van der Waals surface area (Å²) >= 11 is 0. The van der Waals surface area contributed by atoms with Gasteiger partial charge < -0.3 is 9.47 Å².